The number of aliphatic hydroxyl groups is 1. The standard InChI is InChI=1S/C15H11BrF3IO/c16-11-5-6-13(20)12(8-11)14(21)7-9-1-3-10(4-2-9)15(17,18)19/h1-6,8,14,21H,7H2. The van der Waals surface area contributed by atoms with Crippen molar-refractivity contribution in [2.24, 2.45) is 0 Å². The average molecular weight is 471 g/mol. The van der Waals surface area contributed by atoms with Crippen LogP contribution in [0, 0.1) is 3.57 Å². The van der Waals surface area contributed by atoms with Gasteiger partial charge in [-0.15, -0.1) is 0 Å². The molecule has 0 aliphatic carbocycles. The maximum atomic E-state index is 12.5. The number of hydrogen-bond donors (Lipinski definition) is 1. The van der Waals surface area contributed by atoms with Gasteiger partial charge in [0.25, 0.3) is 0 Å². The van der Waals surface area contributed by atoms with Crippen LogP contribution in [0.25, 0.3) is 0 Å². The molecule has 0 aliphatic heterocycles. The van der Waals surface area contributed by atoms with Crippen molar-refractivity contribution in [1.29, 1.82) is 0 Å². The second kappa shape index (κ2) is 6.66. The minimum Gasteiger partial charge on any atom is -0.388 e. The highest BCUT2D eigenvalue weighted by Gasteiger charge is 2.30. The Morgan fingerprint density at radius 3 is 2.29 bits per heavy atom. The molecule has 0 bridgehead atoms. The van der Waals surface area contributed by atoms with E-state index in [0.717, 1.165) is 25.7 Å². The van der Waals surface area contributed by atoms with Crippen molar-refractivity contribution in [3.8, 4) is 0 Å². The molecule has 1 unspecified atom stereocenters. The molecule has 0 fully saturated rings. The lowest BCUT2D eigenvalue weighted by molar-refractivity contribution is -0.137. The summed E-state index contributed by atoms with van der Waals surface area (Å²) in [6, 6.07) is 10.4. The number of alkyl halides is 3. The molecule has 1 nitrogen and oxygen atoms in total. The van der Waals surface area contributed by atoms with Crippen molar-refractivity contribution in [1.82, 2.24) is 0 Å². The number of halogens is 5. The third kappa shape index (κ3) is 4.43. The van der Waals surface area contributed by atoms with Crippen LogP contribution in [-0.2, 0) is 12.6 Å². The lowest BCUT2D eigenvalue weighted by Gasteiger charge is -2.14. The first-order valence-corrected chi connectivity index (χ1v) is 7.93. The van der Waals surface area contributed by atoms with Crippen molar-refractivity contribution in [2.45, 2.75) is 18.7 Å². The topological polar surface area (TPSA) is 20.2 Å². The van der Waals surface area contributed by atoms with Gasteiger partial charge in [-0.3, -0.25) is 0 Å². The van der Waals surface area contributed by atoms with Crippen LogP contribution < -0.4 is 0 Å². The van der Waals surface area contributed by atoms with Crippen LogP contribution in [-0.4, -0.2) is 5.11 Å². The molecule has 6 heteroatoms. The van der Waals surface area contributed by atoms with Gasteiger partial charge in [0.05, 0.1) is 11.7 Å². The summed E-state index contributed by atoms with van der Waals surface area (Å²) in [6.45, 7) is 0. The van der Waals surface area contributed by atoms with E-state index in [1.54, 1.807) is 0 Å². The fourth-order valence-electron chi connectivity index (χ4n) is 1.93. The van der Waals surface area contributed by atoms with Crippen LogP contribution in [0.15, 0.2) is 46.9 Å². The molecule has 2 rings (SSSR count). The minimum atomic E-state index is -4.34. The zero-order valence-corrected chi connectivity index (χ0v) is 14.4. The fourth-order valence-corrected chi connectivity index (χ4v) is 3.01. The molecule has 1 atom stereocenters. The van der Waals surface area contributed by atoms with Crippen LogP contribution in [0.2, 0.25) is 0 Å². The molecule has 0 aliphatic rings. The molecule has 1 N–H and O–H groups in total. The van der Waals surface area contributed by atoms with Crippen LogP contribution in [0.1, 0.15) is 22.8 Å². The summed E-state index contributed by atoms with van der Waals surface area (Å²) in [6.07, 6.45) is -4.83. The smallest absolute Gasteiger partial charge is 0.388 e. The van der Waals surface area contributed by atoms with E-state index in [1.165, 1.54) is 12.1 Å². The van der Waals surface area contributed by atoms with Crippen molar-refractivity contribution in [2.75, 3.05) is 0 Å². The van der Waals surface area contributed by atoms with E-state index in [0.29, 0.717) is 5.56 Å². The van der Waals surface area contributed by atoms with Crippen molar-refractivity contribution in [3.05, 3.63) is 67.2 Å². The first-order chi connectivity index (χ1) is 9.77. The molecule has 0 saturated heterocycles. The summed E-state index contributed by atoms with van der Waals surface area (Å²) in [7, 11) is 0. The molecule has 112 valence electrons. The predicted octanol–water partition coefficient (Wildman–Crippen LogP) is 5.35. The second-order valence-electron chi connectivity index (χ2n) is 4.58. The van der Waals surface area contributed by atoms with Crippen LogP contribution in [0.5, 0.6) is 0 Å². The summed E-state index contributed by atoms with van der Waals surface area (Å²) >= 11 is 5.46. The Morgan fingerprint density at radius 1 is 1.10 bits per heavy atom. The first-order valence-electron chi connectivity index (χ1n) is 6.06. The molecule has 21 heavy (non-hydrogen) atoms. The summed E-state index contributed by atoms with van der Waals surface area (Å²) in [4.78, 5) is 0. The van der Waals surface area contributed by atoms with E-state index in [-0.39, 0.29) is 6.42 Å². The lowest BCUT2D eigenvalue weighted by Crippen LogP contribution is -2.06. The molecule has 0 spiro atoms. The van der Waals surface area contributed by atoms with Gasteiger partial charge >= 0.3 is 6.18 Å². The monoisotopic (exact) mass is 470 g/mol. The molecule has 0 saturated carbocycles. The highest BCUT2D eigenvalue weighted by molar-refractivity contribution is 14.1. The third-order valence-electron chi connectivity index (χ3n) is 3.03. The van der Waals surface area contributed by atoms with E-state index < -0.39 is 17.8 Å². The Balaban J connectivity index is 2.16. The van der Waals surface area contributed by atoms with Gasteiger partial charge < -0.3 is 5.11 Å². The van der Waals surface area contributed by atoms with E-state index >= 15 is 0 Å². The SMILES string of the molecule is OC(Cc1ccc(C(F)(F)F)cc1)c1cc(Br)ccc1I. The number of hydrogen-bond acceptors (Lipinski definition) is 1. The van der Waals surface area contributed by atoms with Gasteiger partial charge in [-0.05, 0) is 64.0 Å². The third-order valence-corrected chi connectivity index (χ3v) is 4.50. The minimum absolute atomic E-state index is 0.268. The highest BCUT2D eigenvalue weighted by atomic mass is 127. The Bertz CT molecular complexity index is 626. The Kier molecular flexibility index (Phi) is 5.32. The number of aliphatic hydroxyl groups excluding tert-OH is 1. The molecular weight excluding hydrogens is 460 g/mol. The quantitative estimate of drug-likeness (QED) is 0.599. The molecule has 0 aromatic heterocycles. The highest BCUT2D eigenvalue weighted by Crippen LogP contribution is 2.30. The van der Waals surface area contributed by atoms with Gasteiger partial charge in [-0.2, -0.15) is 13.2 Å². The number of rotatable bonds is 3. The molecule has 0 amide bonds. The normalized spacial score (nSPS) is 13.2. The van der Waals surface area contributed by atoms with Gasteiger partial charge in [0.1, 0.15) is 0 Å². The zero-order chi connectivity index (χ0) is 15.6. The van der Waals surface area contributed by atoms with E-state index in [9.17, 15) is 18.3 Å². The van der Waals surface area contributed by atoms with E-state index in [1.807, 2.05) is 18.2 Å². The van der Waals surface area contributed by atoms with Crippen LogP contribution >= 0.6 is 38.5 Å². The largest absolute Gasteiger partial charge is 0.416 e. The predicted molar refractivity (Wildman–Crippen MR) is 87.0 cm³/mol. The van der Waals surface area contributed by atoms with Gasteiger partial charge in [0.2, 0.25) is 0 Å². The fraction of sp³-hybridized carbons (Fsp3) is 0.200. The van der Waals surface area contributed by atoms with Crippen molar-refractivity contribution in [3.63, 3.8) is 0 Å². The number of benzene rings is 2. The summed E-state index contributed by atoms with van der Waals surface area (Å²) in [5.74, 6) is 0. The van der Waals surface area contributed by atoms with Crippen LogP contribution in [0.3, 0.4) is 0 Å². The molecule has 2 aromatic rings. The Labute approximate surface area is 142 Å². The van der Waals surface area contributed by atoms with Crippen molar-refractivity contribution < 1.29 is 18.3 Å². The van der Waals surface area contributed by atoms with E-state index in [2.05, 4.69) is 38.5 Å². The maximum Gasteiger partial charge on any atom is 0.416 e. The summed E-state index contributed by atoms with van der Waals surface area (Å²) in [5.41, 5.74) is 0.730. The van der Waals surface area contributed by atoms with Crippen LogP contribution in [0.4, 0.5) is 13.2 Å². The summed E-state index contributed by atoms with van der Waals surface area (Å²) in [5, 5.41) is 10.3. The lowest BCUT2D eigenvalue weighted by atomic mass is 10.0. The van der Waals surface area contributed by atoms with Crippen molar-refractivity contribution >= 4 is 38.5 Å². The molecular formula is C15H11BrF3IO. The molecule has 0 radical (unpaired) electrons. The van der Waals surface area contributed by atoms with Gasteiger partial charge in [-0.1, -0.05) is 28.1 Å². The van der Waals surface area contributed by atoms with Gasteiger partial charge in [0, 0.05) is 14.5 Å². The summed E-state index contributed by atoms with van der Waals surface area (Å²) < 4.78 is 39.2. The molecule has 2 aromatic carbocycles. The zero-order valence-electron chi connectivity index (χ0n) is 10.7. The Hall–Kier alpha value is -0.600. The molecule has 0 heterocycles. The van der Waals surface area contributed by atoms with E-state index in [4.69, 9.17) is 0 Å². The second-order valence-corrected chi connectivity index (χ2v) is 6.66. The first kappa shape index (κ1) is 16.8. The Morgan fingerprint density at radius 2 is 1.71 bits per heavy atom. The maximum absolute atomic E-state index is 12.5. The average Bonchev–Trinajstić information content (AvgIpc) is 2.41. The van der Waals surface area contributed by atoms with Gasteiger partial charge in [0.15, 0.2) is 0 Å². The van der Waals surface area contributed by atoms with Gasteiger partial charge in [-0.25, -0.2) is 0 Å².